The number of hydrogen-bond acceptors (Lipinski definition) is 3. The number of benzene rings is 2. The van der Waals surface area contributed by atoms with Gasteiger partial charge in [-0.1, -0.05) is 30.3 Å². The number of anilines is 1. The van der Waals surface area contributed by atoms with Crippen molar-refractivity contribution in [3.8, 4) is 0 Å². The first-order valence-corrected chi connectivity index (χ1v) is 8.18. The molecule has 0 bridgehead atoms. The summed E-state index contributed by atoms with van der Waals surface area (Å²) in [6, 6.07) is 15.3. The molecule has 122 valence electrons. The van der Waals surface area contributed by atoms with Gasteiger partial charge in [0.25, 0.3) is 0 Å². The Bertz CT molecular complexity index is 619. The van der Waals surface area contributed by atoms with E-state index in [1.54, 1.807) is 6.07 Å². The van der Waals surface area contributed by atoms with Crippen LogP contribution < -0.4 is 5.32 Å². The first-order chi connectivity index (χ1) is 11.2. The predicted octanol–water partition coefficient (Wildman–Crippen LogP) is 3.19. The topological polar surface area (TPSA) is 18.5 Å². The molecule has 2 aromatic carbocycles. The third-order valence-corrected chi connectivity index (χ3v) is 4.40. The molecule has 0 aliphatic carbocycles. The molecule has 3 nitrogen and oxygen atoms in total. The fraction of sp³-hybridized carbons (Fsp3) is 0.368. The third kappa shape index (κ3) is 4.53. The molecule has 1 N–H and O–H groups in total. The molecule has 1 aliphatic heterocycles. The van der Waals surface area contributed by atoms with Crippen molar-refractivity contribution in [2.45, 2.75) is 13.1 Å². The van der Waals surface area contributed by atoms with Gasteiger partial charge in [-0.15, -0.1) is 0 Å². The van der Waals surface area contributed by atoms with Crippen molar-refractivity contribution in [3.63, 3.8) is 0 Å². The minimum Gasteiger partial charge on any atom is -0.381 e. The summed E-state index contributed by atoms with van der Waals surface area (Å²) in [5, 5.41) is 3.28. The van der Waals surface area contributed by atoms with Gasteiger partial charge in [0, 0.05) is 50.5 Å². The summed E-state index contributed by atoms with van der Waals surface area (Å²) in [6.45, 7) is 6.05. The smallest absolute Gasteiger partial charge is 0.128 e. The zero-order valence-corrected chi connectivity index (χ0v) is 13.6. The molecule has 0 aromatic heterocycles. The monoisotopic (exact) mass is 313 g/mol. The first-order valence-electron chi connectivity index (χ1n) is 8.18. The van der Waals surface area contributed by atoms with Gasteiger partial charge in [-0.25, -0.2) is 4.39 Å². The molecule has 2 aromatic rings. The van der Waals surface area contributed by atoms with Gasteiger partial charge < -0.3 is 10.2 Å². The van der Waals surface area contributed by atoms with Crippen molar-refractivity contribution in [1.29, 1.82) is 0 Å². The highest BCUT2D eigenvalue weighted by atomic mass is 19.1. The molecular weight excluding hydrogens is 289 g/mol. The second-order valence-electron chi connectivity index (χ2n) is 6.22. The molecule has 1 saturated heterocycles. The maximum Gasteiger partial charge on any atom is 0.128 e. The zero-order valence-electron chi connectivity index (χ0n) is 13.6. The van der Waals surface area contributed by atoms with Crippen molar-refractivity contribution in [1.82, 2.24) is 9.80 Å². The number of likely N-dealkylation sites (N-methyl/N-ethyl adjacent to an activating group) is 1. The second-order valence-corrected chi connectivity index (χ2v) is 6.22. The van der Waals surface area contributed by atoms with Gasteiger partial charge >= 0.3 is 0 Å². The van der Waals surface area contributed by atoms with Gasteiger partial charge in [0.05, 0.1) is 0 Å². The van der Waals surface area contributed by atoms with Crippen molar-refractivity contribution in [2.75, 3.05) is 38.5 Å². The molecule has 23 heavy (non-hydrogen) atoms. The number of nitrogens with one attached hydrogen (secondary N) is 1. The molecule has 3 rings (SSSR count). The highest BCUT2D eigenvalue weighted by Crippen LogP contribution is 2.15. The molecule has 0 unspecified atom stereocenters. The highest BCUT2D eigenvalue weighted by Gasteiger charge is 2.13. The molecule has 1 aliphatic rings. The van der Waals surface area contributed by atoms with Crippen LogP contribution in [0.3, 0.4) is 0 Å². The van der Waals surface area contributed by atoms with Crippen LogP contribution in [0.15, 0.2) is 48.5 Å². The molecule has 0 radical (unpaired) electrons. The van der Waals surface area contributed by atoms with Crippen molar-refractivity contribution in [3.05, 3.63) is 65.5 Å². The maximum atomic E-state index is 13.6. The number of halogens is 1. The van der Waals surface area contributed by atoms with E-state index in [1.807, 2.05) is 12.1 Å². The molecule has 0 saturated carbocycles. The van der Waals surface area contributed by atoms with Crippen LogP contribution in [-0.4, -0.2) is 43.0 Å². The predicted molar refractivity (Wildman–Crippen MR) is 92.9 cm³/mol. The Morgan fingerprint density at radius 2 is 1.65 bits per heavy atom. The lowest BCUT2D eigenvalue weighted by molar-refractivity contribution is 0.148. The minimum atomic E-state index is -0.160. The third-order valence-electron chi connectivity index (χ3n) is 4.40. The number of piperazine rings is 1. The number of nitrogens with zero attached hydrogens (tertiary/aromatic N) is 2. The summed E-state index contributed by atoms with van der Waals surface area (Å²) in [5.74, 6) is -0.160. The molecule has 0 atom stereocenters. The Morgan fingerprint density at radius 1 is 0.957 bits per heavy atom. The fourth-order valence-corrected chi connectivity index (χ4v) is 2.83. The largest absolute Gasteiger partial charge is 0.381 e. The zero-order chi connectivity index (χ0) is 16.1. The van der Waals surface area contributed by atoms with Crippen molar-refractivity contribution >= 4 is 5.69 Å². The van der Waals surface area contributed by atoms with Gasteiger partial charge in [0.15, 0.2) is 0 Å². The van der Waals surface area contributed by atoms with Gasteiger partial charge in [0.1, 0.15) is 5.82 Å². The molecule has 0 amide bonds. The Hall–Kier alpha value is -1.91. The van der Waals surface area contributed by atoms with Crippen LogP contribution in [0.5, 0.6) is 0 Å². The van der Waals surface area contributed by atoms with E-state index < -0.39 is 0 Å². The van der Waals surface area contributed by atoms with E-state index in [0.717, 1.165) is 38.4 Å². The van der Waals surface area contributed by atoms with E-state index in [1.165, 1.54) is 11.6 Å². The second kappa shape index (κ2) is 7.57. The minimum absolute atomic E-state index is 0.160. The molecular formula is C19H24FN3. The normalized spacial score (nSPS) is 16.4. The lowest BCUT2D eigenvalue weighted by atomic mass is 10.1. The van der Waals surface area contributed by atoms with Crippen LogP contribution in [0.1, 0.15) is 11.1 Å². The van der Waals surface area contributed by atoms with Gasteiger partial charge in [0.2, 0.25) is 0 Å². The van der Waals surface area contributed by atoms with E-state index >= 15 is 0 Å². The standard InChI is InChI=1S/C19H24FN3/c1-22-10-12-23(13-11-22)15-16-6-8-18(9-7-16)21-14-17-4-2-3-5-19(17)20/h2-9,21H,10-15H2,1H3. The van der Waals surface area contributed by atoms with Crippen molar-refractivity contribution < 1.29 is 4.39 Å². The average molecular weight is 313 g/mol. The summed E-state index contributed by atoms with van der Waals surface area (Å²) in [7, 11) is 2.17. The number of rotatable bonds is 5. The summed E-state index contributed by atoms with van der Waals surface area (Å²) < 4.78 is 13.6. The van der Waals surface area contributed by atoms with Crippen LogP contribution in [0.4, 0.5) is 10.1 Å². The van der Waals surface area contributed by atoms with Crippen molar-refractivity contribution in [2.24, 2.45) is 0 Å². The van der Waals surface area contributed by atoms with Crippen LogP contribution in [0, 0.1) is 5.82 Å². The first kappa shape index (κ1) is 16.0. The van der Waals surface area contributed by atoms with E-state index in [9.17, 15) is 4.39 Å². The summed E-state index contributed by atoms with van der Waals surface area (Å²) in [5.41, 5.74) is 3.04. The lowest BCUT2D eigenvalue weighted by Crippen LogP contribution is -2.43. The molecule has 4 heteroatoms. The summed E-state index contributed by atoms with van der Waals surface area (Å²) in [6.07, 6.45) is 0. The molecule has 0 spiro atoms. The summed E-state index contributed by atoms with van der Waals surface area (Å²) in [4.78, 5) is 4.86. The van der Waals surface area contributed by atoms with Crippen LogP contribution >= 0.6 is 0 Å². The number of hydrogen-bond donors (Lipinski definition) is 1. The van der Waals surface area contributed by atoms with E-state index in [4.69, 9.17) is 0 Å². The Kier molecular flexibility index (Phi) is 5.26. The van der Waals surface area contributed by atoms with E-state index in [-0.39, 0.29) is 5.82 Å². The van der Waals surface area contributed by atoms with Gasteiger partial charge in [-0.2, -0.15) is 0 Å². The quantitative estimate of drug-likeness (QED) is 0.914. The van der Waals surface area contributed by atoms with Crippen LogP contribution in [0.2, 0.25) is 0 Å². The Morgan fingerprint density at radius 3 is 2.35 bits per heavy atom. The Balaban J connectivity index is 1.52. The lowest BCUT2D eigenvalue weighted by Gasteiger charge is -2.32. The average Bonchev–Trinajstić information content (AvgIpc) is 2.58. The summed E-state index contributed by atoms with van der Waals surface area (Å²) >= 11 is 0. The van der Waals surface area contributed by atoms with Gasteiger partial charge in [-0.3, -0.25) is 4.90 Å². The fourth-order valence-electron chi connectivity index (χ4n) is 2.83. The van der Waals surface area contributed by atoms with E-state index in [0.29, 0.717) is 12.1 Å². The Labute approximate surface area is 137 Å². The SMILES string of the molecule is CN1CCN(Cc2ccc(NCc3ccccc3F)cc2)CC1. The highest BCUT2D eigenvalue weighted by molar-refractivity contribution is 5.45. The van der Waals surface area contributed by atoms with Gasteiger partial charge in [-0.05, 0) is 30.8 Å². The van der Waals surface area contributed by atoms with Crippen LogP contribution in [-0.2, 0) is 13.1 Å². The maximum absolute atomic E-state index is 13.6. The van der Waals surface area contributed by atoms with E-state index in [2.05, 4.69) is 46.4 Å². The van der Waals surface area contributed by atoms with Crippen LogP contribution in [0.25, 0.3) is 0 Å². The molecule has 1 fully saturated rings. The molecule has 1 heterocycles.